The van der Waals surface area contributed by atoms with Gasteiger partial charge in [0.15, 0.2) is 0 Å². The molecule has 1 heterocycles. The zero-order valence-corrected chi connectivity index (χ0v) is 17.0. The highest BCUT2D eigenvalue weighted by Gasteiger charge is 2.26. The highest BCUT2D eigenvalue weighted by molar-refractivity contribution is 7.89. The van der Waals surface area contributed by atoms with Gasteiger partial charge in [0.1, 0.15) is 11.6 Å². The number of anilines is 2. The molecule has 0 atom stereocenters. The van der Waals surface area contributed by atoms with Gasteiger partial charge in [0, 0.05) is 13.1 Å². The van der Waals surface area contributed by atoms with Crippen LogP contribution in [0.2, 0.25) is 0 Å². The van der Waals surface area contributed by atoms with Gasteiger partial charge in [-0.25, -0.2) is 12.8 Å². The van der Waals surface area contributed by atoms with E-state index in [9.17, 15) is 17.6 Å². The van der Waals surface area contributed by atoms with Gasteiger partial charge in [0.25, 0.3) is 0 Å². The number of hydrogen-bond acceptors (Lipinski definition) is 5. The van der Waals surface area contributed by atoms with Crippen LogP contribution >= 0.6 is 0 Å². The third-order valence-corrected chi connectivity index (χ3v) is 6.61. The number of piperidine rings is 1. The third-order valence-electron chi connectivity index (χ3n) is 4.71. The van der Waals surface area contributed by atoms with Crippen molar-refractivity contribution < 1.29 is 22.3 Å². The van der Waals surface area contributed by atoms with Gasteiger partial charge >= 0.3 is 0 Å². The molecule has 7 nitrogen and oxygen atoms in total. The molecule has 29 heavy (non-hydrogen) atoms. The van der Waals surface area contributed by atoms with E-state index >= 15 is 0 Å². The molecule has 2 aromatic rings. The summed E-state index contributed by atoms with van der Waals surface area (Å²) in [5, 5.41) is 5.35. The smallest absolute Gasteiger partial charge is 0.243 e. The van der Waals surface area contributed by atoms with Crippen LogP contribution < -0.4 is 15.4 Å². The lowest BCUT2D eigenvalue weighted by Gasteiger charge is -2.26. The highest BCUT2D eigenvalue weighted by atomic mass is 32.2. The van der Waals surface area contributed by atoms with E-state index in [1.165, 1.54) is 41.7 Å². The number of carbonyl (C=O) groups excluding carboxylic acids is 1. The molecule has 0 aliphatic carbocycles. The summed E-state index contributed by atoms with van der Waals surface area (Å²) in [5.41, 5.74) is 0.446. The van der Waals surface area contributed by atoms with Crippen molar-refractivity contribution in [1.29, 1.82) is 0 Å². The van der Waals surface area contributed by atoms with Crippen molar-refractivity contribution in [3.8, 4) is 5.75 Å². The first-order valence-corrected chi connectivity index (χ1v) is 10.8. The highest BCUT2D eigenvalue weighted by Crippen LogP contribution is 2.29. The fraction of sp³-hybridized carbons (Fsp3) is 0.350. The maximum absolute atomic E-state index is 13.7. The summed E-state index contributed by atoms with van der Waals surface area (Å²) in [6, 6.07) is 10.4. The Balaban J connectivity index is 1.73. The molecule has 1 saturated heterocycles. The van der Waals surface area contributed by atoms with Gasteiger partial charge in [0.05, 0.1) is 29.9 Å². The minimum atomic E-state index is -3.61. The van der Waals surface area contributed by atoms with E-state index in [1.807, 2.05) is 0 Å². The lowest BCUT2D eigenvalue weighted by atomic mass is 10.2. The van der Waals surface area contributed by atoms with Crippen molar-refractivity contribution in [1.82, 2.24) is 4.31 Å². The second kappa shape index (κ2) is 9.23. The van der Waals surface area contributed by atoms with Crippen molar-refractivity contribution in [2.45, 2.75) is 24.2 Å². The number of hydrogen-bond donors (Lipinski definition) is 2. The van der Waals surface area contributed by atoms with E-state index in [-0.39, 0.29) is 17.1 Å². The Morgan fingerprint density at radius 1 is 1.10 bits per heavy atom. The summed E-state index contributed by atoms with van der Waals surface area (Å²) in [7, 11) is -2.16. The molecule has 0 spiro atoms. The van der Waals surface area contributed by atoms with E-state index in [1.54, 1.807) is 12.1 Å². The summed E-state index contributed by atoms with van der Waals surface area (Å²) < 4.78 is 46.2. The van der Waals surface area contributed by atoms with Crippen molar-refractivity contribution in [3.05, 3.63) is 48.3 Å². The number of carbonyl (C=O) groups is 1. The number of amides is 1. The Labute approximate surface area is 169 Å². The fourth-order valence-electron chi connectivity index (χ4n) is 3.17. The molecule has 1 amide bonds. The largest absolute Gasteiger partial charge is 0.495 e. The lowest BCUT2D eigenvalue weighted by molar-refractivity contribution is -0.114. The number of rotatable bonds is 7. The van der Waals surface area contributed by atoms with Crippen LogP contribution in [-0.2, 0) is 14.8 Å². The van der Waals surface area contributed by atoms with Gasteiger partial charge in [-0.1, -0.05) is 18.6 Å². The van der Waals surface area contributed by atoms with Crippen LogP contribution in [0, 0.1) is 5.82 Å². The van der Waals surface area contributed by atoms with Crippen LogP contribution in [0.3, 0.4) is 0 Å². The first kappa shape index (κ1) is 21.1. The summed E-state index contributed by atoms with van der Waals surface area (Å²) >= 11 is 0. The minimum Gasteiger partial charge on any atom is -0.495 e. The standard InChI is InChI=1S/C20H24FN3O4S/c1-28-19-10-9-15(29(26,27)24-11-5-2-6-12-24)13-18(19)22-14-20(25)23-17-8-4-3-7-16(17)21/h3-4,7-10,13,22H,2,5-6,11-12,14H2,1H3,(H,23,25). The van der Waals surface area contributed by atoms with Crippen LogP contribution in [0.25, 0.3) is 0 Å². The summed E-state index contributed by atoms with van der Waals surface area (Å²) in [6.07, 6.45) is 2.71. The third kappa shape index (κ3) is 5.04. The number of sulfonamides is 1. The Morgan fingerprint density at radius 2 is 1.83 bits per heavy atom. The number of methoxy groups -OCH3 is 1. The molecular weight excluding hydrogens is 397 g/mol. The molecule has 1 fully saturated rings. The van der Waals surface area contributed by atoms with Gasteiger partial charge in [-0.15, -0.1) is 0 Å². The van der Waals surface area contributed by atoms with Crippen LogP contribution in [0.15, 0.2) is 47.4 Å². The van der Waals surface area contributed by atoms with Gasteiger partial charge < -0.3 is 15.4 Å². The number of ether oxygens (including phenoxy) is 1. The van der Waals surface area contributed by atoms with Crippen LogP contribution in [-0.4, -0.2) is 45.4 Å². The van der Waals surface area contributed by atoms with E-state index in [4.69, 9.17) is 4.74 Å². The maximum atomic E-state index is 13.7. The predicted molar refractivity (Wildman–Crippen MR) is 109 cm³/mol. The zero-order chi connectivity index (χ0) is 20.9. The molecule has 3 rings (SSSR count). The van der Waals surface area contributed by atoms with E-state index in [0.29, 0.717) is 24.5 Å². The maximum Gasteiger partial charge on any atom is 0.243 e. The molecule has 1 aliphatic rings. The number of halogens is 1. The normalized spacial score (nSPS) is 15.0. The van der Waals surface area contributed by atoms with E-state index < -0.39 is 21.7 Å². The zero-order valence-electron chi connectivity index (χ0n) is 16.2. The van der Waals surface area contributed by atoms with Gasteiger partial charge in [-0.3, -0.25) is 4.79 Å². The topological polar surface area (TPSA) is 87.7 Å². The molecule has 0 bridgehead atoms. The molecule has 0 aromatic heterocycles. The molecule has 0 unspecified atom stereocenters. The fourth-order valence-corrected chi connectivity index (χ4v) is 4.72. The van der Waals surface area contributed by atoms with Crippen molar-refractivity contribution in [2.75, 3.05) is 37.4 Å². The minimum absolute atomic E-state index is 0.0766. The Bertz CT molecular complexity index is 975. The number of para-hydroxylation sites is 1. The van der Waals surface area contributed by atoms with Crippen LogP contribution in [0.1, 0.15) is 19.3 Å². The van der Waals surface area contributed by atoms with Crippen molar-refractivity contribution >= 4 is 27.3 Å². The number of nitrogens with zero attached hydrogens (tertiary/aromatic N) is 1. The summed E-state index contributed by atoms with van der Waals surface area (Å²) in [6.45, 7) is 0.822. The second-order valence-corrected chi connectivity index (χ2v) is 8.65. The molecule has 0 radical (unpaired) electrons. The van der Waals surface area contributed by atoms with Gasteiger partial charge in [0.2, 0.25) is 15.9 Å². The van der Waals surface area contributed by atoms with Gasteiger partial charge in [-0.05, 0) is 43.2 Å². The van der Waals surface area contributed by atoms with E-state index in [0.717, 1.165) is 19.3 Å². The van der Waals surface area contributed by atoms with Crippen LogP contribution in [0.5, 0.6) is 5.75 Å². The van der Waals surface area contributed by atoms with Crippen molar-refractivity contribution in [2.24, 2.45) is 0 Å². The molecule has 0 saturated carbocycles. The molecule has 2 N–H and O–H groups in total. The van der Waals surface area contributed by atoms with Crippen molar-refractivity contribution in [3.63, 3.8) is 0 Å². The average molecular weight is 421 g/mol. The summed E-state index contributed by atoms with van der Waals surface area (Å²) in [4.78, 5) is 12.3. The number of nitrogens with one attached hydrogen (secondary N) is 2. The number of benzene rings is 2. The quantitative estimate of drug-likeness (QED) is 0.718. The molecule has 2 aromatic carbocycles. The SMILES string of the molecule is COc1ccc(S(=O)(=O)N2CCCCC2)cc1NCC(=O)Nc1ccccc1F. The average Bonchev–Trinajstić information content (AvgIpc) is 2.74. The van der Waals surface area contributed by atoms with Crippen LogP contribution in [0.4, 0.5) is 15.8 Å². The first-order chi connectivity index (χ1) is 13.9. The van der Waals surface area contributed by atoms with E-state index in [2.05, 4.69) is 10.6 Å². The molecule has 9 heteroatoms. The van der Waals surface area contributed by atoms with Gasteiger partial charge in [-0.2, -0.15) is 4.31 Å². The molecular formula is C20H24FN3O4S. The Morgan fingerprint density at radius 3 is 2.52 bits per heavy atom. The second-order valence-electron chi connectivity index (χ2n) is 6.71. The summed E-state index contributed by atoms with van der Waals surface area (Å²) in [5.74, 6) is -0.601. The Hall–Kier alpha value is -2.65. The molecule has 156 valence electrons. The first-order valence-electron chi connectivity index (χ1n) is 9.38. The predicted octanol–water partition coefficient (Wildman–Crippen LogP) is 3.06. The lowest BCUT2D eigenvalue weighted by Crippen LogP contribution is -2.35. The molecule has 1 aliphatic heterocycles. The Kier molecular flexibility index (Phi) is 6.71. The monoisotopic (exact) mass is 421 g/mol.